The average Bonchev–Trinajstić information content (AvgIpc) is 2.73. The quantitative estimate of drug-likeness (QED) is 0.149. The molecule has 14 nitrogen and oxygen atoms in total. The van der Waals surface area contributed by atoms with Gasteiger partial charge in [0.1, 0.15) is 22.8 Å². The minimum atomic E-state index is -2.75. The van der Waals surface area contributed by atoms with Crippen LogP contribution >= 0.6 is 0 Å². The zero-order chi connectivity index (χ0) is 27.5. The number of nitrogens with two attached hydrogens (primary N) is 1. The molecule has 1 fully saturated rings. The lowest BCUT2D eigenvalue weighted by atomic mass is 9.54. The third kappa shape index (κ3) is 3.57. The average molecular weight is 507 g/mol. The number of phenols is 1. The zero-order valence-corrected chi connectivity index (χ0v) is 19.4. The summed E-state index contributed by atoms with van der Waals surface area (Å²) in [4.78, 5) is 48.4. The van der Waals surface area contributed by atoms with Crippen LogP contribution in [0.5, 0.6) is 5.75 Å². The minimum absolute atomic E-state index is 0.170. The second-order valence-corrected chi connectivity index (χ2v) is 9.20. The van der Waals surface area contributed by atoms with Crippen molar-refractivity contribution in [2.45, 2.75) is 30.6 Å². The molecule has 3 aliphatic rings. The van der Waals surface area contributed by atoms with Gasteiger partial charge >= 0.3 is 0 Å². The van der Waals surface area contributed by atoms with Crippen molar-refractivity contribution in [2.75, 3.05) is 14.1 Å². The summed E-state index contributed by atoms with van der Waals surface area (Å²) in [6.07, 6.45) is -0.200. The standard InChI is InChI=1S/C22H24N2O8.HNO3/c1-21(31)8-5-4-6-11(25)12(8)16(26)13-9(21)7-10-15(24(2)3)17(27)14(20(23)30)19(29)22(10,32)18(13)28;2-1(3)4/h4-6,9-10,15,25-26,29,31-32H,7H2,1-3H3,(H2,23,30);(H,2,3,4)/t9-,10-,15-,21+,22-;/m0./s1. The molecule has 0 bridgehead atoms. The van der Waals surface area contributed by atoms with Crippen LogP contribution in [-0.2, 0) is 20.0 Å². The van der Waals surface area contributed by atoms with Gasteiger partial charge < -0.3 is 36.5 Å². The molecule has 1 aromatic carbocycles. The summed E-state index contributed by atoms with van der Waals surface area (Å²) >= 11 is 0. The molecule has 1 amide bonds. The van der Waals surface area contributed by atoms with Crippen LogP contribution < -0.4 is 5.73 Å². The fourth-order valence-corrected chi connectivity index (χ4v) is 5.50. The van der Waals surface area contributed by atoms with E-state index in [0.29, 0.717) is 0 Å². The third-order valence-corrected chi connectivity index (χ3v) is 7.02. The maximum atomic E-state index is 13.7. The van der Waals surface area contributed by atoms with Crippen LogP contribution in [0.25, 0.3) is 5.76 Å². The van der Waals surface area contributed by atoms with Gasteiger partial charge in [-0.15, -0.1) is 10.1 Å². The van der Waals surface area contributed by atoms with E-state index in [1.807, 2.05) is 0 Å². The van der Waals surface area contributed by atoms with Crippen molar-refractivity contribution < 1.29 is 50.2 Å². The van der Waals surface area contributed by atoms with E-state index in [1.165, 1.54) is 44.1 Å². The molecule has 0 heterocycles. The van der Waals surface area contributed by atoms with Gasteiger partial charge in [0.15, 0.2) is 11.4 Å². The van der Waals surface area contributed by atoms with E-state index in [0.717, 1.165) is 0 Å². The number of hydrogen-bond donors (Lipinski definition) is 7. The van der Waals surface area contributed by atoms with Gasteiger partial charge in [0.05, 0.1) is 17.2 Å². The van der Waals surface area contributed by atoms with Crippen molar-refractivity contribution in [2.24, 2.45) is 17.6 Å². The van der Waals surface area contributed by atoms with Crippen LogP contribution in [0.15, 0.2) is 35.1 Å². The Balaban J connectivity index is 0.000000840. The number of Topliss-reactive ketones (excluding diaryl/α,β-unsaturated/α-hetero) is 2. The lowest BCUT2D eigenvalue weighted by Gasteiger charge is -2.53. The highest BCUT2D eigenvalue weighted by Gasteiger charge is 2.66. The number of ketones is 2. The molecule has 4 rings (SSSR count). The van der Waals surface area contributed by atoms with E-state index in [-0.39, 0.29) is 17.5 Å². The van der Waals surface area contributed by atoms with Crippen LogP contribution in [-0.4, -0.2) is 83.9 Å². The van der Waals surface area contributed by atoms with Crippen molar-refractivity contribution >= 4 is 23.2 Å². The Labute approximate surface area is 203 Å². The molecule has 1 aromatic rings. The molecular weight excluding hydrogens is 482 g/mol. The van der Waals surface area contributed by atoms with Gasteiger partial charge in [0, 0.05) is 17.4 Å². The number of benzene rings is 1. The van der Waals surface area contributed by atoms with E-state index >= 15 is 0 Å². The number of aliphatic hydroxyl groups is 4. The van der Waals surface area contributed by atoms with Crippen molar-refractivity contribution in [1.82, 2.24) is 4.90 Å². The summed E-state index contributed by atoms with van der Waals surface area (Å²) in [6, 6.07) is 3.02. The number of hydrogen-bond acceptors (Lipinski definition) is 11. The Kier molecular flexibility index (Phi) is 6.34. The van der Waals surface area contributed by atoms with Gasteiger partial charge in [0.25, 0.3) is 11.0 Å². The van der Waals surface area contributed by atoms with Crippen molar-refractivity contribution in [3.05, 3.63) is 56.3 Å². The normalized spacial score (nSPS) is 31.2. The summed E-state index contributed by atoms with van der Waals surface area (Å²) in [7, 11) is 3.01. The third-order valence-electron chi connectivity index (χ3n) is 7.02. The van der Waals surface area contributed by atoms with Crippen molar-refractivity contribution in [3.63, 3.8) is 0 Å². The predicted octanol–water partition coefficient (Wildman–Crippen LogP) is -0.719. The number of primary amides is 1. The molecule has 0 aromatic heterocycles. The largest absolute Gasteiger partial charge is 0.508 e. The number of fused-ring (bicyclic) bond motifs is 3. The van der Waals surface area contributed by atoms with Gasteiger partial charge in [-0.05, 0) is 39.1 Å². The summed E-state index contributed by atoms with van der Waals surface area (Å²) in [6.45, 7) is 1.40. The number of carbonyl (C=O) groups is 3. The second-order valence-electron chi connectivity index (χ2n) is 9.20. The molecule has 194 valence electrons. The first-order chi connectivity index (χ1) is 16.5. The molecule has 0 spiro atoms. The Morgan fingerprint density at radius 1 is 1.19 bits per heavy atom. The first kappa shape index (κ1) is 26.6. The van der Waals surface area contributed by atoms with E-state index in [4.69, 9.17) is 21.1 Å². The predicted molar refractivity (Wildman–Crippen MR) is 119 cm³/mol. The molecule has 0 unspecified atom stereocenters. The Morgan fingerprint density at radius 3 is 2.25 bits per heavy atom. The zero-order valence-electron chi connectivity index (χ0n) is 19.4. The van der Waals surface area contributed by atoms with Crippen LogP contribution in [0.3, 0.4) is 0 Å². The molecule has 36 heavy (non-hydrogen) atoms. The van der Waals surface area contributed by atoms with Crippen LogP contribution in [0.4, 0.5) is 0 Å². The molecule has 0 radical (unpaired) electrons. The van der Waals surface area contributed by atoms with Crippen LogP contribution in [0.2, 0.25) is 0 Å². The monoisotopic (exact) mass is 507 g/mol. The number of aliphatic hydroxyl groups excluding tert-OH is 2. The first-order valence-corrected chi connectivity index (χ1v) is 10.5. The van der Waals surface area contributed by atoms with E-state index in [1.54, 1.807) is 0 Å². The highest BCUT2D eigenvalue weighted by Crippen LogP contribution is 2.57. The number of nitrogens with zero attached hydrogens (tertiary/aromatic N) is 2. The number of phenolic OH excluding ortho intramolecular Hbond substituents is 1. The summed E-state index contributed by atoms with van der Waals surface area (Å²) < 4.78 is 0. The van der Waals surface area contributed by atoms with E-state index in [9.17, 15) is 39.9 Å². The maximum Gasteiger partial charge on any atom is 0.291 e. The smallest absolute Gasteiger partial charge is 0.291 e. The molecule has 14 heteroatoms. The molecule has 1 saturated carbocycles. The fraction of sp³-hybridized carbons (Fsp3) is 0.409. The van der Waals surface area contributed by atoms with Crippen LogP contribution in [0.1, 0.15) is 24.5 Å². The molecule has 0 saturated heterocycles. The molecule has 3 aliphatic carbocycles. The van der Waals surface area contributed by atoms with Crippen molar-refractivity contribution in [1.29, 1.82) is 0 Å². The number of rotatable bonds is 2. The lowest BCUT2D eigenvalue weighted by Crippen LogP contribution is -2.67. The minimum Gasteiger partial charge on any atom is -0.508 e. The molecule has 5 atom stereocenters. The molecule has 0 aliphatic heterocycles. The fourth-order valence-electron chi connectivity index (χ4n) is 5.50. The number of likely N-dealkylation sites (N-methyl/N-ethyl adjacent to an activating group) is 1. The number of amides is 1. The van der Waals surface area contributed by atoms with Gasteiger partial charge in [-0.25, -0.2) is 0 Å². The van der Waals surface area contributed by atoms with E-state index < -0.39 is 80.1 Å². The second kappa shape index (κ2) is 8.58. The topological polar surface area (TPSA) is 245 Å². The maximum absolute atomic E-state index is 13.7. The van der Waals surface area contributed by atoms with Gasteiger partial charge in [-0.2, -0.15) is 0 Å². The van der Waals surface area contributed by atoms with E-state index in [2.05, 4.69) is 0 Å². The lowest BCUT2D eigenvalue weighted by molar-refractivity contribution is -0.742. The van der Waals surface area contributed by atoms with Gasteiger partial charge in [0.2, 0.25) is 5.78 Å². The molecular formula is C22H25N3O11. The Morgan fingerprint density at radius 2 is 1.75 bits per heavy atom. The first-order valence-electron chi connectivity index (χ1n) is 10.5. The highest BCUT2D eigenvalue weighted by molar-refractivity contribution is 6.24. The highest BCUT2D eigenvalue weighted by atomic mass is 16.9. The summed E-state index contributed by atoms with van der Waals surface area (Å²) in [5, 5.41) is 68.5. The SMILES string of the molecule is CN(C)[C@@H]1C(=O)C(C(N)=O)=C(O)[C@@]2(O)C(=O)C3=C(O)c4c(O)cccc4[C@@](C)(O)[C@H]3C[C@@H]12.O=[N+]([O-])O. The summed E-state index contributed by atoms with van der Waals surface area (Å²) in [5.41, 5.74) is -0.548. The molecule has 8 N–H and O–H groups in total. The van der Waals surface area contributed by atoms with Gasteiger partial charge in [-0.1, -0.05) is 12.1 Å². The summed E-state index contributed by atoms with van der Waals surface area (Å²) in [5.74, 6) is -7.90. The number of aromatic hydroxyl groups is 1. The Hall–Kier alpha value is -4.01. The van der Waals surface area contributed by atoms with Crippen molar-refractivity contribution in [3.8, 4) is 5.75 Å². The van der Waals surface area contributed by atoms with Gasteiger partial charge in [-0.3, -0.25) is 19.3 Å². The van der Waals surface area contributed by atoms with Crippen LogP contribution in [0, 0.1) is 22.0 Å². The Bertz CT molecular complexity index is 1250. The number of carbonyl (C=O) groups excluding carboxylic acids is 3.